The first-order chi connectivity index (χ1) is 28.0. The van der Waals surface area contributed by atoms with Crippen LogP contribution in [0.4, 0.5) is 5.69 Å². The fourth-order valence-corrected chi connectivity index (χ4v) is 8.75. The Bertz CT molecular complexity index is 1620. The normalized spacial score (nSPS) is 17.9. The zero-order valence-electron chi connectivity index (χ0n) is 42.3. The van der Waals surface area contributed by atoms with Crippen molar-refractivity contribution in [2.75, 3.05) is 19.7 Å². The second-order valence-corrected chi connectivity index (χ2v) is 17.9. The van der Waals surface area contributed by atoms with E-state index in [0.717, 1.165) is 90.3 Å². The molecule has 5 nitrogen and oxygen atoms in total. The Hall–Kier alpha value is -2.92. The van der Waals surface area contributed by atoms with Gasteiger partial charge in [0.25, 0.3) is 0 Å². The summed E-state index contributed by atoms with van der Waals surface area (Å²) in [5.74, 6) is 2.30. The molecule has 3 rings (SSSR count). The molecule has 5 heteroatoms. The number of hydrogen-bond donors (Lipinski definition) is 2. The van der Waals surface area contributed by atoms with Crippen LogP contribution in [0.5, 0.6) is 0 Å². The summed E-state index contributed by atoms with van der Waals surface area (Å²) in [5, 5.41) is 13.8. The van der Waals surface area contributed by atoms with Gasteiger partial charge in [0.05, 0.1) is 18.0 Å². The van der Waals surface area contributed by atoms with Gasteiger partial charge < -0.3 is 15.0 Å². The SMILES string of the molecule is C=C(c1c(CC)c(CC)c(C(=N)/C(C(C)=C(C)C)=C(C)\C(C)=C/C)c(C)c1N=C(C)OCC1(CC)CC1)N1C(CC)CCC1CNCC(C)C.CC.CCC(CC)CC. The largest absolute Gasteiger partial charge is 0.480 e. The minimum absolute atomic E-state index is 0.302. The number of nitrogens with zero attached hydrogens (tertiary/aromatic N) is 2. The third kappa shape index (κ3) is 14.3. The van der Waals surface area contributed by atoms with E-state index in [-0.39, 0.29) is 0 Å². The number of allylic oxidation sites excluding steroid dienone is 6. The maximum Gasteiger partial charge on any atom is 0.185 e. The van der Waals surface area contributed by atoms with Crippen molar-refractivity contribution < 1.29 is 4.74 Å². The molecule has 1 saturated carbocycles. The fourth-order valence-electron chi connectivity index (χ4n) is 8.75. The molecule has 336 valence electrons. The van der Waals surface area contributed by atoms with Gasteiger partial charge in [-0.05, 0) is 146 Å². The second kappa shape index (κ2) is 26.4. The molecule has 1 aromatic carbocycles. The van der Waals surface area contributed by atoms with Crippen LogP contribution in [0.3, 0.4) is 0 Å². The molecule has 1 aliphatic carbocycles. The standard InChI is InChI=1S/C45H72N4O.C7H16.C2H6/c1-16-30(10)32(12)40(31(11)29(8)9)43(46)41-33(13)44(48-35(15)50-27-45(20-5)23-24-45)42(39(19-4)38(41)18-3)34(14)49-36(17-2)21-22-37(49)26-47-25-28(6)7;1-4-7(5-2)6-3;1-2/h16,28,36-37,46-47H,14,17-27H2,1-13,15H3;7H,4-6H2,1-3H3;1-2H3/b30-16-,40-32-,46-43?,48-35?;;. The molecule has 2 atom stereocenters. The molecule has 1 heterocycles. The van der Waals surface area contributed by atoms with E-state index in [1.165, 1.54) is 66.4 Å². The van der Waals surface area contributed by atoms with Crippen LogP contribution in [-0.2, 0) is 17.6 Å². The van der Waals surface area contributed by atoms with E-state index < -0.39 is 0 Å². The lowest BCUT2D eigenvalue weighted by atomic mass is 9.80. The predicted molar refractivity (Wildman–Crippen MR) is 265 cm³/mol. The highest BCUT2D eigenvalue weighted by molar-refractivity contribution is 6.17. The van der Waals surface area contributed by atoms with Crippen LogP contribution in [0.1, 0.15) is 210 Å². The predicted octanol–water partition coefficient (Wildman–Crippen LogP) is 15.7. The topological polar surface area (TPSA) is 60.7 Å². The lowest BCUT2D eigenvalue weighted by molar-refractivity contribution is 0.217. The number of likely N-dealkylation sites (tertiary alicyclic amines) is 1. The second-order valence-electron chi connectivity index (χ2n) is 17.9. The van der Waals surface area contributed by atoms with E-state index in [2.05, 4.69) is 127 Å². The van der Waals surface area contributed by atoms with Crippen LogP contribution in [0.15, 0.2) is 45.5 Å². The third-order valence-electron chi connectivity index (χ3n) is 13.6. The highest BCUT2D eigenvalue weighted by Gasteiger charge is 2.42. The van der Waals surface area contributed by atoms with Gasteiger partial charge in [0.1, 0.15) is 0 Å². The smallest absolute Gasteiger partial charge is 0.185 e. The molecule has 2 fully saturated rings. The Morgan fingerprint density at radius 3 is 1.85 bits per heavy atom. The van der Waals surface area contributed by atoms with E-state index in [0.29, 0.717) is 41.6 Å². The molecular formula is C54H94N4O. The van der Waals surface area contributed by atoms with Gasteiger partial charge in [-0.2, -0.15) is 0 Å². The Morgan fingerprint density at radius 1 is 0.881 bits per heavy atom. The third-order valence-corrected chi connectivity index (χ3v) is 13.6. The highest BCUT2D eigenvalue weighted by atomic mass is 16.5. The molecule has 59 heavy (non-hydrogen) atoms. The van der Waals surface area contributed by atoms with Gasteiger partial charge in [0, 0.05) is 53.4 Å². The summed E-state index contributed by atoms with van der Waals surface area (Å²) < 4.78 is 6.47. The summed E-state index contributed by atoms with van der Waals surface area (Å²) in [6, 6.07) is 0.824. The average molecular weight is 815 g/mol. The van der Waals surface area contributed by atoms with Gasteiger partial charge >= 0.3 is 0 Å². The lowest BCUT2D eigenvalue weighted by Gasteiger charge is -2.36. The Kier molecular flexibility index (Phi) is 24.2. The van der Waals surface area contributed by atoms with Crippen molar-refractivity contribution in [2.24, 2.45) is 22.2 Å². The zero-order chi connectivity index (χ0) is 45.2. The van der Waals surface area contributed by atoms with Crippen LogP contribution in [-0.4, -0.2) is 48.3 Å². The lowest BCUT2D eigenvalue weighted by Crippen LogP contribution is -2.41. The van der Waals surface area contributed by atoms with Crippen molar-refractivity contribution in [1.29, 1.82) is 5.41 Å². The van der Waals surface area contributed by atoms with Gasteiger partial charge in [-0.15, -0.1) is 0 Å². The van der Waals surface area contributed by atoms with Crippen LogP contribution < -0.4 is 5.32 Å². The molecule has 0 aromatic heterocycles. The molecule has 2 unspecified atom stereocenters. The molecule has 1 aliphatic heterocycles. The zero-order valence-corrected chi connectivity index (χ0v) is 42.3. The summed E-state index contributed by atoms with van der Waals surface area (Å²) in [6.07, 6.45) is 14.9. The molecule has 0 radical (unpaired) electrons. The van der Waals surface area contributed by atoms with Gasteiger partial charge in [-0.25, -0.2) is 4.99 Å². The van der Waals surface area contributed by atoms with E-state index in [1.54, 1.807) is 0 Å². The van der Waals surface area contributed by atoms with Crippen molar-refractivity contribution >= 4 is 23.0 Å². The van der Waals surface area contributed by atoms with E-state index >= 15 is 0 Å². The number of ether oxygens (including phenoxy) is 1. The first-order valence-electron chi connectivity index (χ1n) is 24.1. The first-order valence-corrected chi connectivity index (χ1v) is 24.1. The Balaban J connectivity index is 0.00000174. The molecule has 0 spiro atoms. The van der Waals surface area contributed by atoms with E-state index in [4.69, 9.17) is 16.3 Å². The molecule has 1 aromatic rings. The van der Waals surface area contributed by atoms with Gasteiger partial charge in [0.15, 0.2) is 5.90 Å². The Morgan fingerprint density at radius 2 is 1.42 bits per heavy atom. The van der Waals surface area contributed by atoms with Gasteiger partial charge in [-0.3, -0.25) is 5.41 Å². The summed E-state index contributed by atoms with van der Waals surface area (Å²) >= 11 is 0. The van der Waals surface area contributed by atoms with Crippen LogP contribution in [0.2, 0.25) is 0 Å². The summed E-state index contributed by atoms with van der Waals surface area (Å²) in [4.78, 5) is 8.03. The number of nitrogens with one attached hydrogen (secondary N) is 2. The molecule has 1 saturated heterocycles. The summed E-state index contributed by atoms with van der Waals surface area (Å²) in [7, 11) is 0. The van der Waals surface area contributed by atoms with Crippen molar-refractivity contribution in [3.63, 3.8) is 0 Å². The average Bonchev–Trinajstić information content (AvgIpc) is 3.91. The molecule has 2 aliphatic rings. The minimum Gasteiger partial charge on any atom is -0.480 e. The maximum atomic E-state index is 10.1. The van der Waals surface area contributed by atoms with Crippen molar-refractivity contribution in [3.05, 3.63) is 68.3 Å². The maximum absolute atomic E-state index is 10.1. The van der Waals surface area contributed by atoms with E-state index in [9.17, 15) is 5.41 Å². The molecule has 2 N–H and O–H groups in total. The minimum atomic E-state index is 0.302. The Labute approximate surface area is 366 Å². The van der Waals surface area contributed by atoms with Crippen LogP contribution in [0.25, 0.3) is 5.70 Å². The first kappa shape index (κ1) is 54.1. The van der Waals surface area contributed by atoms with Crippen LogP contribution >= 0.6 is 0 Å². The number of hydrogen-bond acceptors (Lipinski definition) is 5. The van der Waals surface area contributed by atoms with Crippen molar-refractivity contribution in [2.45, 2.75) is 214 Å². The van der Waals surface area contributed by atoms with Gasteiger partial charge in [0.2, 0.25) is 0 Å². The van der Waals surface area contributed by atoms with Crippen molar-refractivity contribution in [3.8, 4) is 0 Å². The fraction of sp³-hybridized carbons (Fsp3) is 0.704. The monoisotopic (exact) mass is 815 g/mol. The van der Waals surface area contributed by atoms with Crippen LogP contribution in [0, 0.1) is 29.6 Å². The van der Waals surface area contributed by atoms with Crippen molar-refractivity contribution in [1.82, 2.24) is 10.2 Å². The summed E-state index contributed by atoms with van der Waals surface area (Å²) in [5.41, 5.74) is 14.4. The highest BCUT2D eigenvalue weighted by Crippen LogP contribution is 2.49. The summed E-state index contributed by atoms with van der Waals surface area (Å²) in [6.45, 7) is 49.2. The van der Waals surface area contributed by atoms with E-state index in [1.807, 2.05) is 20.8 Å². The molecule has 0 bridgehead atoms. The number of rotatable bonds is 20. The molecule has 0 amide bonds. The van der Waals surface area contributed by atoms with Gasteiger partial charge in [-0.1, -0.05) is 119 Å². The quantitative estimate of drug-likeness (QED) is 0.0783. The number of benzene rings is 1. The molecular weight excluding hydrogens is 721 g/mol. The number of aliphatic imine (C=N–C) groups is 1.